The van der Waals surface area contributed by atoms with Crippen LogP contribution in [0.15, 0.2) is 47.4 Å². The summed E-state index contributed by atoms with van der Waals surface area (Å²) >= 11 is 1.73. The summed E-state index contributed by atoms with van der Waals surface area (Å²) in [6.07, 6.45) is 2.93. The van der Waals surface area contributed by atoms with Gasteiger partial charge in [-0.2, -0.15) is 0 Å². The number of ether oxygens (including phenoxy) is 1. The molecule has 0 aliphatic rings. The van der Waals surface area contributed by atoms with Crippen LogP contribution in [-0.4, -0.2) is 12.3 Å². The van der Waals surface area contributed by atoms with E-state index in [2.05, 4.69) is 43.5 Å². The Hall–Kier alpha value is -1.45. The van der Waals surface area contributed by atoms with E-state index in [-0.39, 0.29) is 6.04 Å². The molecule has 0 saturated heterocycles. The molecule has 3 heteroatoms. The Kier molecular flexibility index (Phi) is 5.10. The van der Waals surface area contributed by atoms with Crippen LogP contribution < -0.4 is 10.5 Å². The molecule has 0 aromatic heterocycles. The summed E-state index contributed by atoms with van der Waals surface area (Å²) in [7, 11) is 0. The van der Waals surface area contributed by atoms with Crippen molar-refractivity contribution in [3.05, 3.63) is 53.6 Å². The van der Waals surface area contributed by atoms with Gasteiger partial charge in [0.05, 0.1) is 0 Å². The van der Waals surface area contributed by atoms with E-state index in [0.29, 0.717) is 0 Å². The third-order valence-corrected chi connectivity index (χ3v) is 3.84. The van der Waals surface area contributed by atoms with Crippen molar-refractivity contribution in [2.45, 2.75) is 31.2 Å². The molecule has 0 bridgehead atoms. The number of benzene rings is 2. The average molecular weight is 287 g/mol. The second kappa shape index (κ2) is 6.82. The van der Waals surface area contributed by atoms with Gasteiger partial charge in [0.2, 0.25) is 0 Å². The summed E-state index contributed by atoms with van der Waals surface area (Å²) in [6.45, 7) is 4.07. The summed E-state index contributed by atoms with van der Waals surface area (Å²) in [5.74, 6) is 1.77. The summed E-state index contributed by atoms with van der Waals surface area (Å²) in [5, 5.41) is 0. The molecule has 2 N–H and O–H groups in total. The minimum atomic E-state index is 0.159. The van der Waals surface area contributed by atoms with Crippen molar-refractivity contribution in [2.24, 2.45) is 5.73 Å². The van der Waals surface area contributed by atoms with E-state index in [0.717, 1.165) is 23.5 Å². The van der Waals surface area contributed by atoms with E-state index in [1.807, 2.05) is 19.1 Å². The Morgan fingerprint density at radius 1 is 1.15 bits per heavy atom. The van der Waals surface area contributed by atoms with Crippen LogP contribution in [0.1, 0.15) is 18.1 Å². The minimum absolute atomic E-state index is 0.159. The van der Waals surface area contributed by atoms with Crippen LogP contribution in [0.25, 0.3) is 0 Å². The molecule has 0 radical (unpaired) electrons. The van der Waals surface area contributed by atoms with Crippen LogP contribution in [0.2, 0.25) is 0 Å². The standard InChI is InChI=1S/C17H21NOS/c1-12-4-5-14(10-13(2)18)11-17(12)19-15-6-8-16(20-3)9-7-15/h4-9,11,13H,10,18H2,1-3H3. The minimum Gasteiger partial charge on any atom is -0.457 e. The molecule has 0 amide bonds. The summed E-state index contributed by atoms with van der Waals surface area (Å²) in [4.78, 5) is 1.24. The predicted molar refractivity (Wildman–Crippen MR) is 86.8 cm³/mol. The fourth-order valence-corrected chi connectivity index (χ4v) is 2.43. The molecule has 2 rings (SSSR count). The molecular weight excluding hydrogens is 266 g/mol. The summed E-state index contributed by atoms with van der Waals surface area (Å²) in [5.41, 5.74) is 8.20. The maximum absolute atomic E-state index is 5.98. The molecule has 20 heavy (non-hydrogen) atoms. The highest BCUT2D eigenvalue weighted by molar-refractivity contribution is 7.98. The molecule has 1 unspecified atom stereocenters. The van der Waals surface area contributed by atoms with E-state index in [1.165, 1.54) is 10.5 Å². The van der Waals surface area contributed by atoms with Crippen molar-refractivity contribution in [2.75, 3.05) is 6.26 Å². The lowest BCUT2D eigenvalue weighted by Crippen LogP contribution is -2.17. The highest BCUT2D eigenvalue weighted by Gasteiger charge is 2.05. The SMILES string of the molecule is CSc1ccc(Oc2cc(CC(C)N)ccc2C)cc1. The van der Waals surface area contributed by atoms with Crippen molar-refractivity contribution >= 4 is 11.8 Å². The molecule has 106 valence electrons. The maximum atomic E-state index is 5.98. The fraction of sp³-hybridized carbons (Fsp3) is 0.294. The van der Waals surface area contributed by atoms with Crippen LogP contribution in [0.4, 0.5) is 0 Å². The fourth-order valence-electron chi connectivity index (χ4n) is 2.02. The lowest BCUT2D eigenvalue weighted by atomic mass is 10.1. The van der Waals surface area contributed by atoms with Gasteiger partial charge in [0.25, 0.3) is 0 Å². The molecule has 0 heterocycles. The van der Waals surface area contributed by atoms with Crippen LogP contribution in [0, 0.1) is 6.92 Å². The lowest BCUT2D eigenvalue weighted by Gasteiger charge is -2.12. The zero-order chi connectivity index (χ0) is 14.5. The second-order valence-corrected chi connectivity index (χ2v) is 5.94. The molecule has 2 nitrogen and oxygen atoms in total. The zero-order valence-electron chi connectivity index (χ0n) is 12.2. The Morgan fingerprint density at radius 2 is 1.85 bits per heavy atom. The number of aryl methyl sites for hydroxylation is 1. The highest BCUT2D eigenvalue weighted by atomic mass is 32.2. The largest absolute Gasteiger partial charge is 0.457 e. The van der Waals surface area contributed by atoms with Crippen molar-refractivity contribution in [3.63, 3.8) is 0 Å². The lowest BCUT2D eigenvalue weighted by molar-refractivity contribution is 0.477. The molecule has 2 aromatic rings. The summed E-state index contributed by atoms with van der Waals surface area (Å²) < 4.78 is 5.98. The average Bonchev–Trinajstić information content (AvgIpc) is 2.43. The molecule has 0 aliphatic heterocycles. The van der Waals surface area contributed by atoms with Gasteiger partial charge in [-0.25, -0.2) is 0 Å². The van der Waals surface area contributed by atoms with E-state index >= 15 is 0 Å². The third-order valence-electron chi connectivity index (χ3n) is 3.10. The van der Waals surface area contributed by atoms with Crippen molar-refractivity contribution in [3.8, 4) is 11.5 Å². The molecule has 2 aromatic carbocycles. The highest BCUT2D eigenvalue weighted by Crippen LogP contribution is 2.28. The van der Waals surface area contributed by atoms with Crippen molar-refractivity contribution < 1.29 is 4.74 Å². The molecule has 0 spiro atoms. The topological polar surface area (TPSA) is 35.2 Å². The van der Waals surface area contributed by atoms with Gasteiger partial charge in [0.1, 0.15) is 11.5 Å². The summed E-state index contributed by atoms with van der Waals surface area (Å²) in [6, 6.07) is 14.6. The number of hydrogen-bond acceptors (Lipinski definition) is 3. The first kappa shape index (κ1) is 14.9. The van der Waals surface area contributed by atoms with Gasteiger partial charge in [0, 0.05) is 10.9 Å². The normalized spacial score (nSPS) is 12.2. The van der Waals surface area contributed by atoms with E-state index in [9.17, 15) is 0 Å². The Morgan fingerprint density at radius 3 is 2.45 bits per heavy atom. The van der Waals surface area contributed by atoms with Crippen LogP contribution >= 0.6 is 11.8 Å². The van der Waals surface area contributed by atoms with Gasteiger partial charge in [-0.05, 0) is 68.0 Å². The molecule has 0 aliphatic carbocycles. The molecular formula is C17H21NOS. The van der Waals surface area contributed by atoms with Crippen LogP contribution in [-0.2, 0) is 6.42 Å². The number of nitrogens with two attached hydrogens (primary N) is 1. The van der Waals surface area contributed by atoms with Crippen LogP contribution in [0.3, 0.4) is 0 Å². The first-order chi connectivity index (χ1) is 9.58. The first-order valence-corrected chi connectivity index (χ1v) is 7.98. The number of rotatable bonds is 5. The van der Waals surface area contributed by atoms with Gasteiger partial charge in [0.15, 0.2) is 0 Å². The van der Waals surface area contributed by atoms with E-state index in [4.69, 9.17) is 10.5 Å². The second-order valence-electron chi connectivity index (χ2n) is 5.06. The molecule has 0 fully saturated rings. The smallest absolute Gasteiger partial charge is 0.130 e. The quantitative estimate of drug-likeness (QED) is 0.828. The zero-order valence-corrected chi connectivity index (χ0v) is 13.0. The number of thioether (sulfide) groups is 1. The molecule has 0 saturated carbocycles. The van der Waals surface area contributed by atoms with Gasteiger partial charge >= 0.3 is 0 Å². The van der Waals surface area contributed by atoms with E-state index in [1.54, 1.807) is 11.8 Å². The first-order valence-electron chi connectivity index (χ1n) is 6.75. The van der Waals surface area contributed by atoms with Gasteiger partial charge in [-0.3, -0.25) is 0 Å². The monoisotopic (exact) mass is 287 g/mol. The Bertz CT molecular complexity index is 564. The van der Waals surface area contributed by atoms with Gasteiger partial charge in [-0.1, -0.05) is 12.1 Å². The predicted octanol–water partition coefficient (Wildman–Crippen LogP) is 4.40. The third kappa shape index (κ3) is 4.02. The molecule has 1 atom stereocenters. The Labute approximate surface area is 125 Å². The Balaban J connectivity index is 2.18. The van der Waals surface area contributed by atoms with E-state index < -0.39 is 0 Å². The van der Waals surface area contributed by atoms with Crippen molar-refractivity contribution in [1.82, 2.24) is 0 Å². The maximum Gasteiger partial charge on any atom is 0.130 e. The van der Waals surface area contributed by atoms with Crippen molar-refractivity contribution in [1.29, 1.82) is 0 Å². The number of hydrogen-bond donors (Lipinski definition) is 1. The van der Waals surface area contributed by atoms with Gasteiger partial charge < -0.3 is 10.5 Å². The van der Waals surface area contributed by atoms with Gasteiger partial charge in [-0.15, -0.1) is 11.8 Å². The van der Waals surface area contributed by atoms with Crippen LogP contribution in [0.5, 0.6) is 11.5 Å².